The van der Waals surface area contributed by atoms with Gasteiger partial charge >= 0.3 is 17.9 Å². The number of pyridine rings is 1. The molecule has 2 heterocycles. The van der Waals surface area contributed by atoms with Gasteiger partial charge in [0.1, 0.15) is 21.8 Å². The lowest BCUT2D eigenvalue weighted by molar-refractivity contribution is 0.0529. The summed E-state index contributed by atoms with van der Waals surface area (Å²) in [5, 5.41) is 1.10. The Morgan fingerprint density at radius 2 is 1.71 bits per heavy atom. The smallest absolute Gasteiger partial charge is 0.356 e. The molecule has 0 unspecified atom stereocenters. The molecular formula is C19H17NO7S. The van der Waals surface area contributed by atoms with Gasteiger partial charge in [0.05, 0.1) is 33.5 Å². The Morgan fingerprint density at radius 1 is 1.00 bits per heavy atom. The van der Waals surface area contributed by atoms with Gasteiger partial charge in [-0.25, -0.2) is 19.4 Å². The Hall–Kier alpha value is -3.20. The molecule has 0 amide bonds. The standard InChI is InChI=1S/C19H17NO7S/c1-5-27-19(23)13-7-9-6-12(24-2)15-14(16(9)28-13)10(17(21)25-3)8-11(20-15)18(22)26-4/h6-8H,5H2,1-4H3. The second-order valence-electron chi connectivity index (χ2n) is 5.59. The second kappa shape index (κ2) is 7.81. The molecule has 28 heavy (non-hydrogen) atoms. The van der Waals surface area contributed by atoms with Crippen LogP contribution >= 0.6 is 11.3 Å². The van der Waals surface area contributed by atoms with Crippen LogP contribution in [0, 0.1) is 0 Å². The number of fused-ring (bicyclic) bond motifs is 3. The summed E-state index contributed by atoms with van der Waals surface area (Å²) in [6, 6.07) is 4.66. The van der Waals surface area contributed by atoms with Crippen LogP contribution in [0.5, 0.6) is 5.75 Å². The number of carbonyl (C=O) groups excluding carboxylic acids is 3. The van der Waals surface area contributed by atoms with Crippen molar-refractivity contribution in [2.45, 2.75) is 6.92 Å². The molecular weight excluding hydrogens is 386 g/mol. The fraction of sp³-hybridized carbons (Fsp3) is 0.263. The maximum absolute atomic E-state index is 12.4. The maximum Gasteiger partial charge on any atom is 0.356 e. The summed E-state index contributed by atoms with van der Waals surface area (Å²) in [5.41, 5.74) is 0.347. The molecule has 146 valence electrons. The van der Waals surface area contributed by atoms with Crippen LogP contribution in [0.1, 0.15) is 37.4 Å². The minimum absolute atomic E-state index is 0.0600. The minimum Gasteiger partial charge on any atom is -0.494 e. The number of carbonyl (C=O) groups is 3. The molecule has 8 nitrogen and oxygen atoms in total. The molecule has 1 aromatic carbocycles. The van der Waals surface area contributed by atoms with Gasteiger partial charge in [0, 0.05) is 10.1 Å². The first-order chi connectivity index (χ1) is 13.4. The Balaban J connectivity index is 2.43. The number of esters is 3. The summed E-state index contributed by atoms with van der Waals surface area (Å²) < 4.78 is 20.7. The second-order valence-corrected chi connectivity index (χ2v) is 6.64. The third kappa shape index (κ3) is 3.24. The van der Waals surface area contributed by atoms with E-state index in [9.17, 15) is 14.4 Å². The fourth-order valence-corrected chi connectivity index (χ4v) is 3.90. The van der Waals surface area contributed by atoms with Crippen LogP contribution < -0.4 is 4.74 Å². The van der Waals surface area contributed by atoms with Crippen LogP contribution in [-0.4, -0.2) is 50.8 Å². The molecule has 3 aromatic rings. The van der Waals surface area contributed by atoms with Crippen molar-refractivity contribution >= 4 is 50.2 Å². The summed E-state index contributed by atoms with van der Waals surface area (Å²) >= 11 is 1.16. The molecule has 2 aromatic heterocycles. The molecule has 0 saturated heterocycles. The van der Waals surface area contributed by atoms with Gasteiger partial charge in [-0.2, -0.15) is 0 Å². The molecule has 0 radical (unpaired) electrons. The van der Waals surface area contributed by atoms with Gasteiger partial charge in [0.15, 0.2) is 0 Å². The Labute approximate surface area is 164 Å². The van der Waals surface area contributed by atoms with E-state index in [2.05, 4.69) is 4.98 Å². The summed E-state index contributed by atoms with van der Waals surface area (Å²) in [6.45, 7) is 1.96. The number of hydrogen-bond acceptors (Lipinski definition) is 9. The molecule has 0 aliphatic rings. The van der Waals surface area contributed by atoms with Crippen molar-refractivity contribution in [2.24, 2.45) is 0 Å². The Morgan fingerprint density at radius 3 is 2.32 bits per heavy atom. The van der Waals surface area contributed by atoms with E-state index >= 15 is 0 Å². The van der Waals surface area contributed by atoms with Crippen molar-refractivity contribution in [2.75, 3.05) is 27.9 Å². The van der Waals surface area contributed by atoms with E-state index in [0.29, 0.717) is 26.1 Å². The zero-order valence-electron chi connectivity index (χ0n) is 15.7. The van der Waals surface area contributed by atoms with Gasteiger partial charge in [-0.1, -0.05) is 0 Å². The van der Waals surface area contributed by atoms with Gasteiger partial charge in [-0.3, -0.25) is 0 Å². The summed E-state index contributed by atoms with van der Waals surface area (Å²) in [6.07, 6.45) is 0. The topological polar surface area (TPSA) is 101 Å². The van der Waals surface area contributed by atoms with Crippen molar-refractivity contribution in [1.29, 1.82) is 0 Å². The highest BCUT2D eigenvalue weighted by Gasteiger charge is 2.24. The number of thiophene rings is 1. The van der Waals surface area contributed by atoms with Crippen LogP contribution in [0.15, 0.2) is 18.2 Å². The number of ether oxygens (including phenoxy) is 4. The zero-order chi connectivity index (χ0) is 20.4. The number of rotatable bonds is 5. The highest BCUT2D eigenvalue weighted by Crippen LogP contribution is 2.39. The lowest BCUT2D eigenvalue weighted by atomic mass is 10.0. The fourth-order valence-electron chi connectivity index (χ4n) is 2.81. The van der Waals surface area contributed by atoms with E-state index < -0.39 is 17.9 Å². The lowest BCUT2D eigenvalue weighted by Gasteiger charge is -2.11. The SMILES string of the molecule is CCOC(=O)c1cc2cc(OC)c3nc(C(=O)OC)cc(C(=O)OC)c3c2s1. The number of methoxy groups -OCH3 is 3. The summed E-state index contributed by atoms with van der Waals surface area (Å²) in [4.78, 5) is 41.3. The maximum atomic E-state index is 12.4. The van der Waals surface area contributed by atoms with E-state index in [0.717, 1.165) is 11.3 Å². The zero-order valence-corrected chi connectivity index (χ0v) is 16.5. The van der Waals surface area contributed by atoms with Gasteiger partial charge in [0.25, 0.3) is 0 Å². The molecule has 3 rings (SSSR count). The van der Waals surface area contributed by atoms with Crippen LogP contribution in [0.2, 0.25) is 0 Å². The molecule has 9 heteroatoms. The molecule has 0 aliphatic heterocycles. The van der Waals surface area contributed by atoms with Gasteiger partial charge < -0.3 is 18.9 Å². The van der Waals surface area contributed by atoms with Crippen molar-refractivity contribution in [3.05, 3.63) is 34.3 Å². The predicted octanol–water partition coefficient (Wildman–Crippen LogP) is 3.21. The normalized spacial score (nSPS) is 10.7. The molecule has 0 aliphatic carbocycles. The quantitative estimate of drug-likeness (QED) is 0.473. The molecule has 0 atom stereocenters. The first-order valence-corrected chi connectivity index (χ1v) is 9.05. The molecule has 0 saturated carbocycles. The summed E-state index contributed by atoms with van der Waals surface area (Å²) in [5.74, 6) is -1.48. The largest absolute Gasteiger partial charge is 0.494 e. The first-order valence-electron chi connectivity index (χ1n) is 8.24. The average molecular weight is 403 g/mol. The minimum atomic E-state index is -0.701. The monoisotopic (exact) mass is 403 g/mol. The van der Waals surface area contributed by atoms with E-state index in [1.54, 1.807) is 19.1 Å². The van der Waals surface area contributed by atoms with E-state index in [1.165, 1.54) is 27.4 Å². The molecule has 0 bridgehead atoms. The van der Waals surface area contributed by atoms with Crippen molar-refractivity contribution in [3.63, 3.8) is 0 Å². The van der Waals surface area contributed by atoms with E-state index in [-0.39, 0.29) is 23.4 Å². The average Bonchev–Trinajstić information content (AvgIpc) is 3.15. The predicted molar refractivity (Wildman–Crippen MR) is 102 cm³/mol. The number of benzene rings is 1. The first kappa shape index (κ1) is 19.6. The Kier molecular flexibility index (Phi) is 5.46. The highest BCUT2D eigenvalue weighted by molar-refractivity contribution is 7.21. The van der Waals surface area contributed by atoms with Crippen molar-refractivity contribution in [3.8, 4) is 5.75 Å². The number of nitrogens with zero attached hydrogens (tertiary/aromatic N) is 1. The van der Waals surface area contributed by atoms with E-state index in [1.807, 2.05) is 0 Å². The van der Waals surface area contributed by atoms with Gasteiger partial charge in [0.2, 0.25) is 0 Å². The Bertz CT molecular complexity index is 1100. The van der Waals surface area contributed by atoms with Crippen molar-refractivity contribution in [1.82, 2.24) is 4.98 Å². The number of aromatic nitrogens is 1. The van der Waals surface area contributed by atoms with Crippen LogP contribution in [-0.2, 0) is 14.2 Å². The van der Waals surface area contributed by atoms with Crippen LogP contribution in [0.3, 0.4) is 0 Å². The highest BCUT2D eigenvalue weighted by atomic mass is 32.1. The van der Waals surface area contributed by atoms with Crippen molar-refractivity contribution < 1.29 is 33.3 Å². The molecule has 0 N–H and O–H groups in total. The van der Waals surface area contributed by atoms with Crippen LogP contribution in [0.25, 0.3) is 21.0 Å². The van der Waals surface area contributed by atoms with E-state index in [4.69, 9.17) is 18.9 Å². The summed E-state index contributed by atoms with van der Waals surface area (Å²) in [7, 11) is 3.91. The number of hydrogen-bond donors (Lipinski definition) is 0. The molecule has 0 fully saturated rings. The molecule has 0 spiro atoms. The van der Waals surface area contributed by atoms with Gasteiger partial charge in [-0.15, -0.1) is 11.3 Å². The third-order valence-corrected chi connectivity index (χ3v) is 5.17. The van der Waals surface area contributed by atoms with Crippen LogP contribution in [0.4, 0.5) is 0 Å². The van der Waals surface area contributed by atoms with Gasteiger partial charge in [-0.05, 0) is 30.5 Å². The lowest BCUT2D eigenvalue weighted by Crippen LogP contribution is -2.10. The third-order valence-electron chi connectivity index (χ3n) is 4.02.